The highest BCUT2D eigenvalue weighted by atomic mass is 16.5. The fraction of sp³-hybridized carbons (Fsp3) is 0.438. The van der Waals surface area contributed by atoms with Gasteiger partial charge in [-0.15, -0.1) is 0 Å². The molecule has 2 atom stereocenters. The maximum atomic E-state index is 12.4. The number of carboxylic acid groups (broad SMARTS) is 1. The first kappa shape index (κ1) is 16.8. The Kier molecular flexibility index (Phi) is 5.55. The summed E-state index contributed by atoms with van der Waals surface area (Å²) in [5.74, 6) is -0.742. The fourth-order valence-electron chi connectivity index (χ4n) is 2.39. The van der Waals surface area contributed by atoms with Crippen molar-refractivity contribution in [1.82, 2.24) is 4.90 Å². The summed E-state index contributed by atoms with van der Waals surface area (Å²) in [4.78, 5) is 24.7. The first-order valence-electron chi connectivity index (χ1n) is 7.28. The highest BCUT2D eigenvalue weighted by Crippen LogP contribution is 2.16. The largest absolute Gasteiger partial charge is 0.481 e. The summed E-state index contributed by atoms with van der Waals surface area (Å²) in [7, 11) is 0. The van der Waals surface area contributed by atoms with Gasteiger partial charge in [0, 0.05) is 13.1 Å². The van der Waals surface area contributed by atoms with E-state index in [-0.39, 0.29) is 18.9 Å². The molecule has 122 valence electrons. The van der Waals surface area contributed by atoms with Crippen molar-refractivity contribution in [3.63, 3.8) is 0 Å². The number of hydrogen-bond acceptors (Lipinski definition) is 5. The first-order valence-corrected chi connectivity index (χ1v) is 7.28. The van der Waals surface area contributed by atoms with Crippen LogP contribution in [-0.2, 0) is 14.3 Å². The number of ether oxygens (including phenoxy) is 2. The molecule has 0 aromatic heterocycles. The summed E-state index contributed by atoms with van der Waals surface area (Å²) in [5, 5.41) is 17.7. The predicted molar refractivity (Wildman–Crippen MR) is 79.8 cm³/mol. The molecule has 1 amide bonds. The molecule has 1 N–H and O–H groups in total. The quantitative estimate of drug-likeness (QED) is 0.870. The van der Waals surface area contributed by atoms with E-state index in [2.05, 4.69) is 0 Å². The third-order valence-corrected chi connectivity index (χ3v) is 3.48. The van der Waals surface area contributed by atoms with Crippen molar-refractivity contribution in [3.05, 3.63) is 29.8 Å². The maximum absolute atomic E-state index is 12.4. The number of carbonyl (C=O) groups is 2. The normalized spacial score (nSPS) is 18.8. The number of rotatable bonds is 5. The average Bonchev–Trinajstić information content (AvgIpc) is 2.54. The minimum Gasteiger partial charge on any atom is -0.481 e. The molecule has 0 radical (unpaired) electrons. The number of hydrogen-bond donors (Lipinski definition) is 1. The Morgan fingerprint density at radius 3 is 3.04 bits per heavy atom. The zero-order chi connectivity index (χ0) is 16.8. The summed E-state index contributed by atoms with van der Waals surface area (Å²) < 4.78 is 10.9. The van der Waals surface area contributed by atoms with Gasteiger partial charge >= 0.3 is 5.97 Å². The molecule has 0 unspecified atom stereocenters. The Labute approximate surface area is 134 Å². The van der Waals surface area contributed by atoms with Crippen LogP contribution in [0.25, 0.3) is 0 Å². The number of aliphatic carboxylic acids is 1. The van der Waals surface area contributed by atoms with Crippen molar-refractivity contribution in [2.45, 2.75) is 25.6 Å². The van der Waals surface area contributed by atoms with Crippen molar-refractivity contribution in [2.24, 2.45) is 0 Å². The molecule has 1 aliphatic rings. The number of nitrogens with zero attached hydrogens (tertiary/aromatic N) is 2. The van der Waals surface area contributed by atoms with Crippen LogP contribution < -0.4 is 4.74 Å². The molecule has 1 aromatic rings. The molecule has 2 rings (SSSR count). The zero-order valence-electron chi connectivity index (χ0n) is 12.8. The van der Waals surface area contributed by atoms with Gasteiger partial charge in [-0.3, -0.25) is 9.59 Å². The Morgan fingerprint density at radius 2 is 2.35 bits per heavy atom. The Balaban J connectivity index is 1.96. The van der Waals surface area contributed by atoms with Crippen LogP contribution >= 0.6 is 0 Å². The van der Waals surface area contributed by atoms with Crippen molar-refractivity contribution in [2.75, 3.05) is 19.7 Å². The molecule has 23 heavy (non-hydrogen) atoms. The van der Waals surface area contributed by atoms with Crippen molar-refractivity contribution < 1.29 is 24.2 Å². The van der Waals surface area contributed by atoms with Gasteiger partial charge in [0.05, 0.1) is 30.8 Å². The van der Waals surface area contributed by atoms with Crippen LogP contribution in [0.4, 0.5) is 0 Å². The molecule has 1 aliphatic heterocycles. The van der Waals surface area contributed by atoms with Crippen LogP contribution in [-0.4, -0.2) is 53.8 Å². The lowest BCUT2D eigenvalue weighted by atomic mass is 10.2. The molecule has 1 aromatic carbocycles. The van der Waals surface area contributed by atoms with Gasteiger partial charge in [-0.2, -0.15) is 5.26 Å². The highest BCUT2D eigenvalue weighted by Gasteiger charge is 2.29. The van der Waals surface area contributed by atoms with Crippen LogP contribution in [0.2, 0.25) is 0 Å². The highest BCUT2D eigenvalue weighted by molar-refractivity contribution is 5.81. The smallest absolute Gasteiger partial charge is 0.306 e. The average molecular weight is 318 g/mol. The van der Waals surface area contributed by atoms with Gasteiger partial charge < -0.3 is 19.5 Å². The van der Waals surface area contributed by atoms with E-state index >= 15 is 0 Å². The Hall–Kier alpha value is -2.59. The third kappa shape index (κ3) is 4.69. The molecule has 0 aliphatic carbocycles. The molecule has 1 heterocycles. The van der Waals surface area contributed by atoms with E-state index in [1.54, 1.807) is 36.1 Å². The topological polar surface area (TPSA) is 99.9 Å². The summed E-state index contributed by atoms with van der Waals surface area (Å²) in [6.07, 6.45) is -1.37. The Bertz CT molecular complexity index is 625. The number of carboxylic acids is 1. The van der Waals surface area contributed by atoms with E-state index in [9.17, 15) is 9.59 Å². The molecule has 1 saturated heterocycles. The summed E-state index contributed by atoms with van der Waals surface area (Å²) in [5.41, 5.74) is 0.454. The standard InChI is InChI=1S/C16H18N2O5/c1-11(23-13-4-2-3-12(7-13)9-17)16(21)18-5-6-22-14(10-18)8-15(19)20/h2-4,7,11,14H,5-6,8,10H2,1H3,(H,19,20)/t11-,14-/m1/s1. The lowest BCUT2D eigenvalue weighted by Gasteiger charge is -2.33. The van der Waals surface area contributed by atoms with Gasteiger partial charge in [-0.25, -0.2) is 0 Å². The van der Waals surface area contributed by atoms with Gasteiger partial charge in [-0.05, 0) is 25.1 Å². The number of benzene rings is 1. The van der Waals surface area contributed by atoms with Crippen LogP contribution in [0.15, 0.2) is 24.3 Å². The molecular formula is C16H18N2O5. The van der Waals surface area contributed by atoms with Gasteiger partial charge in [0.15, 0.2) is 6.10 Å². The first-order chi connectivity index (χ1) is 11.0. The van der Waals surface area contributed by atoms with Gasteiger partial charge in [0.1, 0.15) is 5.75 Å². The van der Waals surface area contributed by atoms with E-state index in [1.807, 2.05) is 6.07 Å². The molecule has 7 heteroatoms. The van der Waals surface area contributed by atoms with E-state index in [1.165, 1.54) is 0 Å². The lowest BCUT2D eigenvalue weighted by Crippen LogP contribution is -2.50. The van der Waals surface area contributed by atoms with Crippen molar-refractivity contribution >= 4 is 11.9 Å². The summed E-state index contributed by atoms with van der Waals surface area (Å²) in [6.45, 7) is 2.57. The molecule has 7 nitrogen and oxygen atoms in total. The van der Waals surface area contributed by atoms with E-state index < -0.39 is 18.2 Å². The van der Waals surface area contributed by atoms with Crippen LogP contribution in [0.5, 0.6) is 5.75 Å². The second-order valence-electron chi connectivity index (χ2n) is 5.27. The van der Waals surface area contributed by atoms with Gasteiger partial charge in [-0.1, -0.05) is 6.07 Å². The van der Waals surface area contributed by atoms with E-state index in [0.29, 0.717) is 24.5 Å². The second-order valence-corrected chi connectivity index (χ2v) is 5.27. The molecular weight excluding hydrogens is 300 g/mol. The predicted octanol–water partition coefficient (Wildman–Crippen LogP) is 1.03. The van der Waals surface area contributed by atoms with E-state index in [0.717, 1.165) is 0 Å². The van der Waals surface area contributed by atoms with Crippen LogP contribution in [0, 0.1) is 11.3 Å². The lowest BCUT2D eigenvalue weighted by molar-refractivity contribution is -0.151. The summed E-state index contributed by atoms with van der Waals surface area (Å²) >= 11 is 0. The second kappa shape index (κ2) is 7.61. The number of morpholine rings is 1. The minimum absolute atomic E-state index is 0.136. The van der Waals surface area contributed by atoms with Crippen LogP contribution in [0.1, 0.15) is 18.9 Å². The Morgan fingerprint density at radius 1 is 1.57 bits per heavy atom. The number of nitriles is 1. The van der Waals surface area contributed by atoms with Crippen molar-refractivity contribution in [3.8, 4) is 11.8 Å². The van der Waals surface area contributed by atoms with Gasteiger partial charge in [0.2, 0.25) is 0 Å². The third-order valence-electron chi connectivity index (χ3n) is 3.48. The SMILES string of the molecule is C[C@@H](Oc1cccc(C#N)c1)C(=O)N1CCO[C@H](CC(=O)O)C1. The maximum Gasteiger partial charge on any atom is 0.306 e. The van der Waals surface area contributed by atoms with Crippen molar-refractivity contribution in [1.29, 1.82) is 5.26 Å². The monoisotopic (exact) mass is 318 g/mol. The molecule has 0 spiro atoms. The number of carbonyl (C=O) groups excluding carboxylic acids is 1. The zero-order valence-corrected chi connectivity index (χ0v) is 12.8. The molecule has 1 fully saturated rings. The molecule has 0 saturated carbocycles. The summed E-state index contributed by atoms with van der Waals surface area (Å²) in [6, 6.07) is 8.59. The molecule has 0 bridgehead atoms. The van der Waals surface area contributed by atoms with Gasteiger partial charge in [0.25, 0.3) is 5.91 Å². The number of amides is 1. The minimum atomic E-state index is -0.957. The van der Waals surface area contributed by atoms with Crippen LogP contribution in [0.3, 0.4) is 0 Å². The van der Waals surface area contributed by atoms with E-state index in [4.69, 9.17) is 19.8 Å². The fourth-order valence-corrected chi connectivity index (χ4v) is 2.39.